The van der Waals surface area contributed by atoms with Gasteiger partial charge in [-0.1, -0.05) is 18.2 Å². The van der Waals surface area contributed by atoms with Crippen LogP contribution in [0.15, 0.2) is 36.4 Å². The predicted molar refractivity (Wildman–Crippen MR) is 89.3 cm³/mol. The molecule has 0 heterocycles. The van der Waals surface area contributed by atoms with Gasteiger partial charge in [0.1, 0.15) is 5.75 Å². The van der Waals surface area contributed by atoms with Crippen molar-refractivity contribution in [3.63, 3.8) is 0 Å². The molecule has 0 aliphatic heterocycles. The lowest BCUT2D eigenvalue weighted by molar-refractivity contribution is 0.407. The van der Waals surface area contributed by atoms with E-state index in [9.17, 15) is 0 Å². The van der Waals surface area contributed by atoms with Crippen molar-refractivity contribution in [3.8, 4) is 5.75 Å². The Labute approximate surface area is 127 Å². The van der Waals surface area contributed by atoms with E-state index in [1.165, 1.54) is 11.3 Å². The predicted octanol–water partition coefficient (Wildman–Crippen LogP) is 3.43. The Balaban J connectivity index is 2.42. The minimum Gasteiger partial charge on any atom is -0.496 e. The Morgan fingerprint density at radius 1 is 1.05 bits per heavy atom. The molecule has 3 nitrogen and oxygen atoms in total. The van der Waals surface area contributed by atoms with Crippen molar-refractivity contribution < 1.29 is 4.74 Å². The fourth-order valence-corrected chi connectivity index (χ4v) is 2.65. The van der Waals surface area contributed by atoms with Gasteiger partial charge in [0.2, 0.25) is 0 Å². The highest BCUT2D eigenvalue weighted by Crippen LogP contribution is 2.32. The Kier molecular flexibility index (Phi) is 4.53. The number of methoxy groups -OCH3 is 1. The van der Waals surface area contributed by atoms with E-state index in [2.05, 4.69) is 49.1 Å². The van der Waals surface area contributed by atoms with Crippen LogP contribution in [-0.2, 0) is 0 Å². The lowest BCUT2D eigenvalue weighted by atomic mass is 9.93. The van der Waals surface area contributed by atoms with Crippen molar-refractivity contribution in [3.05, 3.63) is 58.7 Å². The molecule has 0 aromatic heterocycles. The summed E-state index contributed by atoms with van der Waals surface area (Å²) in [5.74, 6) is 0.858. The molecule has 0 amide bonds. The number of hydrogen-bond acceptors (Lipinski definition) is 3. The first-order valence-corrected chi connectivity index (χ1v) is 7.12. The van der Waals surface area contributed by atoms with Crippen LogP contribution < -0.4 is 15.4 Å². The molecule has 0 saturated carbocycles. The zero-order valence-corrected chi connectivity index (χ0v) is 13.5. The second-order valence-electron chi connectivity index (χ2n) is 5.66. The lowest BCUT2D eigenvalue weighted by Gasteiger charge is -2.20. The molecular weight excluding hydrogens is 260 g/mol. The number of benzene rings is 2. The molecule has 0 bridgehead atoms. The molecule has 1 unspecified atom stereocenters. The first-order chi connectivity index (χ1) is 9.93. The molecule has 112 valence electrons. The average Bonchev–Trinajstić information content (AvgIpc) is 2.45. The van der Waals surface area contributed by atoms with Crippen LogP contribution in [-0.4, -0.2) is 21.2 Å². The van der Waals surface area contributed by atoms with Crippen molar-refractivity contribution in [2.45, 2.75) is 19.9 Å². The summed E-state index contributed by atoms with van der Waals surface area (Å²) in [4.78, 5) is 2.08. The van der Waals surface area contributed by atoms with Crippen molar-refractivity contribution in [1.82, 2.24) is 0 Å². The van der Waals surface area contributed by atoms with E-state index in [1.807, 2.05) is 20.2 Å². The normalized spacial score (nSPS) is 12.1. The number of hydrogen-bond donors (Lipinski definition) is 1. The van der Waals surface area contributed by atoms with E-state index < -0.39 is 0 Å². The standard InChI is InChI=1S/C18H24N2O/c1-12-10-13(2)17(16(11-12)21-5)18(19)14-6-8-15(9-7-14)20(3)4/h6-11,18H,19H2,1-5H3. The van der Waals surface area contributed by atoms with Gasteiger partial charge < -0.3 is 15.4 Å². The Hall–Kier alpha value is -2.00. The molecule has 2 rings (SSSR count). The minimum absolute atomic E-state index is 0.184. The molecule has 2 N–H and O–H groups in total. The van der Waals surface area contributed by atoms with Gasteiger partial charge in [-0.05, 0) is 48.7 Å². The van der Waals surface area contributed by atoms with Gasteiger partial charge in [0, 0.05) is 25.3 Å². The van der Waals surface area contributed by atoms with Gasteiger partial charge in [0.25, 0.3) is 0 Å². The average molecular weight is 284 g/mol. The molecule has 0 aliphatic rings. The minimum atomic E-state index is -0.184. The molecule has 0 aliphatic carbocycles. The smallest absolute Gasteiger partial charge is 0.124 e. The van der Waals surface area contributed by atoms with Crippen LogP contribution in [0.5, 0.6) is 5.75 Å². The van der Waals surface area contributed by atoms with Gasteiger partial charge in [-0.3, -0.25) is 0 Å². The third-order valence-corrected chi connectivity index (χ3v) is 3.79. The maximum absolute atomic E-state index is 6.48. The molecule has 1 atom stereocenters. The number of ether oxygens (including phenoxy) is 1. The molecule has 0 radical (unpaired) electrons. The van der Waals surface area contributed by atoms with E-state index in [0.717, 1.165) is 22.4 Å². The second-order valence-corrected chi connectivity index (χ2v) is 5.66. The molecule has 0 saturated heterocycles. The fourth-order valence-electron chi connectivity index (χ4n) is 2.65. The molecule has 21 heavy (non-hydrogen) atoms. The summed E-state index contributed by atoms with van der Waals surface area (Å²) in [7, 11) is 5.75. The molecule has 2 aromatic carbocycles. The summed E-state index contributed by atoms with van der Waals surface area (Å²) in [6.07, 6.45) is 0. The summed E-state index contributed by atoms with van der Waals surface area (Å²) < 4.78 is 5.52. The lowest BCUT2D eigenvalue weighted by Crippen LogP contribution is -2.15. The van der Waals surface area contributed by atoms with Crippen molar-refractivity contribution in [1.29, 1.82) is 0 Å². The van der Waals surface area contributed by atoms with Gasteiger partial charge in [-0.2, -0.15) is 0 Å². The molecule has 0 fully saturated rings. The Morgan fingerprint density at radius 2 is 1.67 bits per heavy atom. The summed E-state index contributed by atoms with van der Waals surface area (Å²) in [5.41, 5.74) is 12.1. The van der Waals surface area contributed by atoms with E-state index in [0.29, 0.717) is 0 Å². The van der Waals surface area contributed by atoms with E-state index in [1.54, 1.807) is 7.11 Å². The zero-order chi connectivity index (χ0) is 15.6. The summed E-state index contributed by atoms with van der Waals surface area (Å²) in [5, 5.41) is 0. The topological polar surface area (TPSA) is 38.5 Å². The highest BCUT2D eigenvalue weighted by molar-refractivity contribution is 5.51. The van der Waals surface area contributed by atoms with Crippen LogP contribution in [0, 0.1) is 13.8 Å². The van der Waals surface area contributed by atoms with Crippen molar-refractivity contribution in [2.75, 3.05) is 26.1 Å². The van der Waals surface area contributed by atoms with Gasteiger partial charge in [-0.25, -0.2) is 0 Å². The van der Waals surface area contributed by atoms with E-state index in [-0.39, 0.29) is 6.04 Å². The molecule has 2 aromatic rings. The van der Waals surface area contributed by atoms with Crippen LogP contribution in [0.25, 0.3) is 0 Å². The third kappa shape index (κ3) is 3.19. The van der Waals surface area contributed by atoms with Gasteiger partial charge >= 0.3 is 0 Å². The molecular formula is C18H24N2O. The number of rotatable bonds is 4. The van der Waals surface area contributed by atoms with Crippen LogP contribution in [0.4, 0.5) is 5.69 Å². The highest BCUT2D eigenvalue weighted by atomic mass is 16.5. The fraction of sp³-hybridized carbons (Fsp3) is 0.333. The van der Waals surface area contributed by atoms with Crippen LogP contribution in [0.1, 0.15) is 28.3 Å². The maximum Gasteiger partial charge on any atom is 0.124 e. The molecule has 3 heteroatoms. The first-order valence-electron chi connectivity index (χ1n) is 7.12. The largest absolute Gasteiger partial charge is 0.496 e. The van der Waals surface area contributed by atoms with Gasteiger partial charge in [0.15, 0.2) is 0 Å². The number of nitrogens with zero attached hydrogens (tertiary/aromatic N) is 1. The van der Waals surface area contributed by atoms with Crippen LogP contribution >= 0.6 is 0 Å². The summed E-state index contributed by atoms with van der Waals surface area (Å²) >= 11 is 0. The number of aryl methyl sites for hydroxylation is 2. The number of anilines is 1. The van der Waals surface area contributed by atoms with Gasteiger partial charge in [0.05, 0.1) is 13.2 Å². The second kappa shape index (κ2) is 6.19. The van der Waals surface area contributed by atoms with E-state index in [4.69, 9.17) is 10.5 Å². The van der Waals surface area contributed by atoms with Crippen molar-refractivity contribution in [2.24, 2.45) is 5.73 Å². The summed E-state index contributed by atoms with van der Waals surface area (Å²) in [6.45, 7) is 4.15. The Morgan fingerprint density at radius 3 is 2.19 bits per heavy atom. The van der Waals surface area contributed by atoms with Crippen molar-refractivity contribution >= 4 is 5.69 Å². The Bertz CT molecular complexity index is 618. The highest BCUT2D eigenvalue weighted by Gasteiger charge is 2.17. The third-order valence-electron chi connectivity index (χ3n) is 3.79. The molecule has 0 spiro atoms. The monoisotopic (exact) mass is 284 g/mol. The zero-order valence-electron chi connectivity index (χ0n) is 13.5. The first kappa shape index (κ1) is 15.4. The summed E-state index contributed by atoms with van der Waals surface area (Å²) in [6, 6.07) is 12.3. The maximum atomic E-state index is 6.48. The van der Waals surface area contributed by atoms with E-state index >= 15 is 0 Å². The van der Waals surface area contributed by atoms with Crippen LogP contribution in [0.3, 0.4) is 0 Å². The quantitative estimate of drug-likeness (QED) is 0.935. The van der Waals surface area contributed by atoms with Gasteiger partial charge in [-0.15, -0.1) is 0 Å². The van der Waals surface area contributed by atoms with Crippen LogP contribution in [0.2, 0.25) is 0 Å². The SMILES string of the molecule is COc1cc(C)cc(C)c1C(N)c1ccc(N(C)C)cc1. The number of nitrogens with two attached hydrogens (primary N) is 1.